The Labute approximate surface area is 107 Å². The quantitative estimate of drug-likeness (QED) is 0.769. The van der Waals surface area contributed by atoms with E-state index in [0.29, 0.717) is 12.2 Å². The average molecular weight is 250 g/mol. The Morgan fingerprint density at radius 2 is 1.94 bits per heavy atom. The van der Waals surface area contributed by atoms with Gasteiger partial charge in [0.15, 0.2) is 5.67 Å². The third-order valence-electron chi connectivity index (χ3n) is 3.56. The van der Waals surface area contributed by atoms with Gasteiger partial charge in [-0.15, -0.1) is 0 Å². The van der Waals surface area contributed by atoms with Crippen molar-refractivity contribution in [1.82, 2.24) is 0 Å². The molecule has 1 aliphatic rings. The van der Waals surface area contributed by atoms with Crippen LogP contribution in [-0.4, -0.2) is 12.6 Å². The fourth-order valence-corrected chi connectivity index (χ4v) is 2.86. The van der Waals surface area contributed by atoms with E-state index in [4.69, 9.17) is 4.74 Å². The van der Waals surface area contributed by atoms with Crippen LogP contribution in [0.2, 0.25) is 0 Å². The van der Waals surface area contributed by atoms with E-state index in [2.05, 4.69) is 0 Å². The highest BCUT2D eigenvalue weighted by molar-refractivity contribution is 5.79. The second-order valence-electron chi connectivity index (χ2n) is 5.14. The van der Waals surface area contributed by atoms with Crippen molar-refractivity contribution in [2.45, 2.75) is 39.8 Å². The molecule has 2 atom stereocenters. The summed E-state index contributed by atoms with van der Waals surface area (Å²) in [7, 11) is 0. The fraction of sp³-hybridized carbons (Fsp3) is 0.533. The number of aryl methyl sites for hydroxylation is 3. The largest absolute Gasteiger partial charge is 0.466 e. The zero-order valence-corrected chi connectivity index (χ0v) is 11.3. The van der Waals surface area contributed by atoms with Crippen LogP contribution in [0.1, 0.15) is 35.6 Å². The smallest absolute Gasteiger partial charge is 0.312 e. The molecule has 0 N–H and O–H groups in total. The zero-order valence-electron chi connectivity index (χ0n) is 11.3. The van der Waals surface area contributed by atoms with Crippen molar-refractivity contribution in [1.29, 1.82) is 0 Å². The van der Waals surface area contributed by atoms with Crippen molar-refractivity contribution in [2.24, 2.45) is 5.92 Å². The number of carbonyl (C=O) groups excluding carboxylic acids is 1. The summed E-state index contributed by atoms with van der Waals surface area (Å²) in [4.78, 5) is 11.6. The SMILES string of the molecule is CCOC(=O)[C@H]1C[C@]1(F)c1c(C)cc(C)cc1C. The zero-order chi connectivity index (χ0) is 13.5. The Balaban J connectivity index is 2.32. The van der Waals surface area contributed by atoms with Gasteiger partial charge in [0.2, 0.25) is 0 Å². The third kappa shape index (κ3) is 2.02. The monoisotopic (exact) mass is 250 g/mol. The highest BCUT2D eigenvalue weighted by Crippen LogP contribution is 2.57. The first kappa shape index (κ1) is 13.1. The lowest BCUT2D eigenvalue weighted by molar-refractivity contribution is -0.145. The van der Waals surface area contributed by atoms with Crippen LogP contribution in [0.15, 0.2) is 12.1 Å². The van der Waals surface area contributed by atoms with E-state index < -0.39 is 17.6 Å². The fourth-order valence-electron chi connectivity index (χ4n) is 2.86. The average Bonchev–Trinajstić information content (AvgIpc) is 2.90. The minimum atomic E-state index is -1.52. The molecule has 0 radical (unpaired) electrons. The Bertz CT molecular complexity index is 472. The van der Waals surface area contributed by atoms with E-state index in [9.17, 15) is 9.18 Å². The number of alkyl halides is 1. The number of halogens is 1. The molecular weight excluding hydrogens is 231 g/mol. The lowest BCUT2D eigenvalue weighted by Crippen LogP contribution is -2.15. The molecule has 0 aliphatic heterocycles. The molecule has 2 rings (SSSR count). The molecule has 1 fully saturated rings. The maximum atomic E-state index is 14.8. The van der Waals surface area contributed by atoms with Gasteiger partial charge >= 0.3 is 5.97 Å². The molecule has 0 unspecified atom stereocenters. The summed E-state index contributed by atoms with van der Waals surface area (Å²) in [6, 6.07) is 3.92. The first-order valence-corrected chi connectivity index (χ1v) is 6.34. The van der Waals surface area contributed by atoms with E-state index in [1.807, 2.05) is 32.9 Å². The number of esters is 1. The Hall–Kier alpha value is -1.38. The molecule has 0 spiro atoms. The number of hydrogen-bond donors (Lipinski definition) is 0. The first-order valence-electron chi connectivity index (χ1n) is 6.34. The van der Waals surface area contributed by atoms with Gasteiger partial charge in [-0.25, -0.2) is 4.39 Å². The predicted molar refractivity (Wildman–Crippen MR) is 68.2 cm³/mol. The van der Waals surface area contributed by atoms with Crippen molar-refractivity contribution in [3.8, 4) is 0 Å². The Morgan fingerprint density at radius 1 is 1.39 bits per heavy atom. The van der Waals surface area contributed by atoms with E-state index in [0.717, 1.165) is 16.7 Å². The van der Waals surface area contributed by atoms with E-state index in [-0.39, 0.29) is 6.42 Å². The summed E-state index contributed by atoms with van der Waals surface area (Å²) in [5, 5.41) is 0. The van der Waals surface area contributed by atoms with Gasteiger partial charge in [-0.1, -0.05) is 17.7 Å². The van der Waals surface area contributed by atoms with Crippen LogP contribution in [0.4, 0.5) is 4.39 Å². The van der Waals surface area contributed by atoms with Crippen molar-refractivity contribution < 1.29 is 13.9 Å². The van der Waals surface area contributed by atoms with E-state index in [1.165, 1.54) is 0 Å². The van der Waals surface area contributed by atoms with E-state index in [1.54, 1.807) is 6.92 Å². The summed E-state index contributed by atoms with van der Waals surface area (Å²) in [5.41, 5.74) is 2.11. The lowest BCUT2D eigenvalue weighted by atomic mass is 9.94. The highest BCUT2D eigenvalue weighted by atomic mass is 19.1. The molecule has 1 saturated carbocycles. The van der Waals surface area contributed by atoms with Crippen LogP contribution in [0.25, 0.3) is 0 Å². The number of rotatable bonds is 3. The molecule has 0 amide bonds. The van der Waals surface area contributed by atoms with Crippen LogP contribution in [-0.2, 0) is 15.2 Å². The molecule has 1 aromatic rings. The molecular formula is C15H19FO2. The molecule has 0 saturated heterocycles. The molecule has 2 nitrogen and oxygen atoms in total. The van der Waals surface area contributed by atoms with Crippen molar-refractivity contribution >= 4 is 5.97 Å². The molecule has 0 aromatic heterocycles. The van der Waals surface area contributed by atoms with Crippen molar-refractivity contribution in [3.63, 3.8) is 0 Å². The van der Waals surface area contributed by atoms with Crippen molar-refractivity contribution in [3.05, 3.63) is 34.4 Å². The summed E-state index contributed by atoms with van der Waals surface area (Å²) in [5.74, 6) is -1.04. The predicted octanol–water partition coefficient (Wildman–Crippen LogP) is 3.36. The van der Waals surface area contributed by atoms with Gasteiger partial charge in [-0.2, -0.15) is 0 Å². The van der Waals surface area contributed by atoms with Gasteiger partial charge in [0.25, 0.3) is 0 Å². The summed E-state index contributed by atoms with van der Waals surface area (Å²) in [6.45, 7) is 7.83. The van der Waals surface area contributed by atoms with Gasteiger partial charge in [0.1, 0.15) is 0 Å². The Kier molecular flexibility index (Phi) is 3.18. The second-order valence-corrected chi connectivity index (χ2v) is 5.14. The standard InChI is InChI=1S/C15H19FO2/c1-5-18-14(17)12-8-15(12,16)13-10(3)6-9(2)7-11(13)4/h6-7,12H,5,8H2,1-4H3/t12-,15-/m1/s1. The molecule has 0 heterocycles. The molecule has 1 aromatic carbocycles. The van der Waals surface area contributed by atoms with E-state index >= 15 is 0 Å². The molecule has 3 heteroatoms. The Morgan fingerprint density at radius 3 is 2.44 bits per heavy atom. The lowest BCUT2D eigenvalue weighted by Gasteiger charge is -2.15. The number of hydrogen-bond acceptors (Lipinski definition) is 2. The van der Waals surface area contributed by atoms with Gasteiger partial charge < -0.3 is 4.74 Å². The summed E-state index contributed by atoms with van der Waals surface area (Å²) >= 11 is 0. The molecule has 1 aliphatic carbocycles. The third-order valence-corrected chi connectivity index (χ3v) is 3.56. The first-order chi connectivity index (χ1) is 8.40. The van der Waals surface area contributed by atoms with Crippen LogP contribution in [0.3, 0.4) is 0 Å². The number of benzene rings is 1. The van der Waals surface area contributed by atoms with Gasteiger partial charge in [0, 0.05) is 6.42 Å². The van der Waals surface area contributed by atoms with Gasteiger partial charge in [-0.05, 0) is 44.4 Å². The summed E-state index contributed by atoms with van der Waals surface area (Å²) < 4.78 is 19.7. The minimum absolute atomic E-state index is 0.247. The molecule has 18 heavy (non-hydrogen) atoms. The van der Waals surface area contributed by atoms with Gasteiger partial charge in [-0.3, -0.25) is 4.79 Å². The van der Waals surface area contributed by atoms with Crippen LogP contribution >= 0.6 is 0 Å². The van der Waals surface area contributed by atoms with Crippen molar-refractivity contribution in [2.75, 3.05) is 6.61 Å². The highest BCUT2D eigenvalue weighted by Gasteiger charge is 2.62. The maximum Gasteiger partial charge on any atom is 0.312 e. The van der Waals surface area contributed by atoms with Crippen LogP contribution < -0.4 is 0 Å². The number of carbonyl (C=O) groups is 1. The van der Waals surface area contributed by atoms with Crippen LogP contribution in [0, 0.1) is 26.7 Å². The topological polar surface area (TPSA) is 26.3 Å². The summed E-state index contributed by atoms with van der Waals surface area (Å²) in [6.07, 6.45) is 0.247. The minimum Gasteiger partial charge on any atom is -0.466 e. The van der Waals surface area contributed by atoms with Crippen LogP contribution in [0.5, 0.6) is 0 Å². The normalized spacial score (nSPS) is 25.9. The maximum absolute atomic E-state index is 14.8. The molecule has 0 bridgehead atoms. The second kappa shape index (κ2) is 4.38. The number of ether oxygens (including phenoxy) is 1. The molecule has 98 valence electrons. The van der Waals surface area contributed by atoms with Gasteiger partial charge in [0.05, 0.1) is 12.5 Å².